The Morgan fingerprint density at radius 3 is 2.56 bits per heavy atom. The van der Waals surface area contributed by atoms with Crippen LogP contribution in [-0.2, 0) is 15.0 Å². The summed E-state index contributed by atoms with van der Waals surface area (Å²) in [6.07, 6.45) is 2.94. The van der Waals surface area contributed by atoms with Crippen LogP contribution in [0.2, 0.25) is 10.0 Å². The molecule has 4 nitrogen and oxygen atoms in total. The van der Waals surface area contributed by atoms with Gasteiger partial charge in [-0.3, -0.25) is 4.79 Å². The van der Waals surface area contributed by atoms with Gasteiger partial charge in [-0.1, -0.05) is 55.5 Å². The molecule has 6 heteroatoms. The Morgan fingerprint density at radius 2 is 2.00 bits per heavy atom. The molecule has 1 N–H and O–H groups in total. The number of carboxylic acids is 1. The molecule has 0 amide bonds. The average Bonchev–Trinajstić information content (AvgIpc) is 2.56. The zero-order valence-corrected chi connectivity index (χ0v) is 18.0. The van der Waals surface area contributed by atoms with Gasteiger partial charge < -0.3 is 9.94 Å². The summed E-state index contributed by atoms with van der Waals surface area (Å²) in [5.41, 5.74) is 2.35. The van der Waals surface area contributed by atoms with Crippen molar-refractivity contribution in [3.05, 3.63) is 32.8 Å². The van der Waals surface area contributed by atoms with Crippen LogP contribution in [0.15, 0.2) is 11.2 Å². The van der Waals surface area contributed by atoms with Crippen molar-refractivity contribution in [2.24, 2.45) is 16.5 Å². The molecule has 0 unspecified atom stereocenters. The van der Waals surface area contributed by atoms with Gasteiger partial charge in [-0.15, -0.1) is 0 Å². The maximum absolute atomic E-state index is 12.2. The van der Waals surface area contributed by atoms with Gasteiger partial charge in [0.25, 0.3) is 0 Å². The highest BCUT2D eigenvalue weighted by atomic mass is 35.5. The van der Waals surface area contributed by atoms with E-state index in [-0.39, 0.29) is 17.3 Å². The lowest BCUT2D eigenvalue weighted by atomic mass is 9.49. The number of carbonyl (C=O) groups is 1. The van der Waals surface area contributed by atoms with Crippen molar-refractivity contribution >= 4 is 34.9 Å². The second kappa shape index (κ2) is 6.97. The fraction of sp³-hybridized carbons (Fsp3) is 0.619. The normalized spacial score (nSPS) is 31.6. The molecule has 0 heterocycles. The highest BCUT2D eigenvalue weighted by Gasteiger charge is 2.57. The largest absolute Gasteiger partial charge is 0.481 e. The number of halogens is 2. The molecule has 1 saturated carbocycles. The number of rotatable bonds is 3. The second-order valence-corrected chi connectivity index (χ2v) is 9.42. The Kier molecular flexibility index (Phi) is 5.28. The molecular weight excluding hydrogens is 385 g/mol. The minimum Gasteiger partial charge on any atom is -0.481 e. The van der Waals surface area contributed by atoms with Crippen molar-refractivity contribution in [3.63, 3.8) is 0 Å². The first-order valence-electron chi connectivity index (χ1n) is 9.44. The molecule has 3 atom stereocenters. The number of hydrogen-bond donors (Lipinski definition) is 1. The van der Waals surface area contributed by atoms with Crippen LogP contribution in [0.5, 0.6) is 0 Å². The summed E-state index contributed by atoms with van der Waals surface area (Å²) < 4.78 is 0. The summed E-state index contributed by atoms with van der Waals surface area (Å²) in [4.78, 5) is 17.3. The van der Waals surface area contributed by atoms with Crippen molar-refractivity contribution < 1.29 is 14.7 Å². The molecule has 0 aromatic heterocycles. The summed E-state index contributed by atoms with van der Waals surface area (Å²) in [5, 5.41) is 15.5. The van der Waals surface area contributed by atoms with Crippen LogP contribution in [0.4, 0.5) is 0 Å². The van der Waals surface area contributed by atoms with E-state index < -0.39 is 11.4 Å². The van der Waals surface area contributed by atoms with Crippen molar-refractivity contribution in [3.8, 4) is 0 Å². The zero-order chi connectivity index (χ0) is 20.1. The van der Waals surface area contributed by atoms with E-state index in [1.807, 2.05) is 13.0 Å². The maximum atomic E-state index is 12.2. The van der Waals surface area contributed by atoms with Gasteiger partial charge in [-0.2, -0.15) is 0 Å². The minimum absolute atomic E-state index is 0.102. The molecule has 0 aliphatic heterocycles. The molecule has 0 saturated heterocycles. The molecule has 1 aromatic rings. The molecule has 148 valence electrons. The molecule has 2 aliphatic carbocycles. The number of hydrogen-bond acceptors (Lipinski definition) is 3. The summed E-state index contributed by atoms with van der Waals surface area (Å²) in [6.45, 7) is 8.13. The SMILES string of the molecule is CON=C1C[C@H]2[C@](C)(C(=O)O)CCC[C@]2(C)c2cc(Cl)c(C(C)C)c(Cl)c21. The Bertz CT molecular complexity index is 820. The lowest BCUT2D eigenvalue weighted by Gasteiger charge is -2.53. The van der Waals surface area contributed by atoms with Gasteiger partial charge in [0, 0.05) is 10.6 Å². The Labute approximate surface area is 170 Å². The van der Waals surface area contributed by atoms with Crippen LogP contribution < -0.4 is 0 Å². The molecule has 0 bridgehead atoms. The van der Waals surface area contributed by atoms with E-state index in [1.54, 1.807) is 0 Å². The van der Waals surface area contributed by atoms with Gasteiger partial charge in [0.05, 0.1) is 16.1 Å². The summed E-state index contributed by atoms with van der Waals surface area (Å²) in [5.74, 6) is -0.690. The molecule has 0 radical (unpaired) electrons. The monoisotopic (exact) mass is 411 g/mol. The van der Waals surface area contributed by atoms with E-state index in [0.717, 1.165) is 29.5 Å². The van der Waals surface area contributed by atoms with Crippen LogP contribution in [0.3, 0.4) is 0 Å². The zero-order valence-electron chi connectivity index (χ0n) is 16.5. The molecular formula is C21H27Cl2NO3. The Morgan fingerprint density at radius 1 is 1.33 bits per heavy atom. The third kappa shape index (κ3) is 2.96. The predicted molar refractivity (Wildman–Crippen MR) is 109 cm³/mol. The van der Waals surface area contributed by atoms with Gasteiger partial charge in [0.15, 0.2) is 0 Å². The van der Waals surface area contributed by atoms with Crippen LogP contribution in [0.1, 0.15) is 76.0 Å². The van der Waals surface area contributed by atoms with E-state index in [1.165, 1.54) is 7.11 Å². The smallest absolute Gasteiger partial charge is 0.309 e. The van der Waals surface area contributed by atoms with E-state index in [9.17, 15) is 9.90 Å². The van der Waals surface area contributed by atoms with Crippen molar-refractivity contribution in [1.82, 2.24) is 0 Å². The van der Waals surface area contributed by atoms with Gasteiger partial charge >= 0.3 is 5.97 Å². The lowest BCUT2D eigenvalue weighted by Crippen LogP contribution is -2.53. The highest BCUT2D eigenvalue weighted by molar-refractivity contribution is 6.39. The van der Waals surface area contributed by atoms with Crippen LogP contribution in [0.25, 0.3) is 0 Å². The first kappa shape index (κ1) is 20.5. The molecule has 1 aromatic carbocycles. The van der Waals surface area contributed by atoms with Gasteiger partial charge in [0.1, 0.15) is 7.11 Å². The van der Waals surface area contributed by atoms with Crippen molar-refractivity contribution in [1.29, 1.82) is 0 Å². The number of fused-ring (bicyclic) bond motifs is 3. The number of benzene rings is 1. The van der Waals surface area contributed by atoms with E-state index in [4.69, 9.17) is 28.0 Å². The lowest BCUT2D eigenvalue weighted by molar-refractivity contribution is -0.156. The Hall–Kier alpha value is -1.26. The first-order chi connectivity index (χ1) is 12.6. The quantitative estimate of drug-likeness (QED) is 0.618. The number of nitrogens with zero attached hydrogens (tertiary/aromatic N) is 1. The number of oxime groups is 1. The fourth-order valence-corrected chi connectivity index (χ4v) is 6.29. The highest BCUT2D eigenvalue weighted by Crippen LogP contribution is 2.59. The van der Waals surface area contributed by atoms with Crippen LogP contribution in [0, 0.1) is 11.3 Å². The van der Waals surface area contributed by atoms with Crippen molar-refractivity contribution in [2.45, 2.75) is 64.7 Å². The fourth-order valence-electron chi connectivity index (χ4n) is 5.29. The van der Waals surface area contributed by atoms with Crippen LogP contribution >= 0.6 is 23.2 Å². The molecule has 27 heavy (non-hydrogen) atoms. The van der Waals surface area contributed by atoms with Gasteiger partial charge in [-0.25, -0.2) is 0 Å². The third-order valence-corrected chi connectivity index (χ3v) is 7.46. The second-order valence-electron chi connectivity index (χ2n) is 8.63. The minimum atomic E-state index is -0.825. The number of aliphatic carboxylic acids is 1. The van der Waals surface area contributed by atoms with E-state index in [0.29, 0.717) is 28.6 Å². The predicted octanol–water partition coefficient (Wildman–Crippen LogP) is 6.02. The van der Waals surface area contributed by atoms with Gasteiger partial charge in [-0.05, 0) is 60.6 Å². The van der Waals surface area contributed by atoms with Gasteiger partial charge in [0.2, 0.25) is 0 Å². The summed E-state index contributed by atoms with van der Waals surface area (Å²) in [7, 11) is 1.50. The summed E-state index contributed by atoms with van der Waals surface area (Å²) >= 11 is 13.5. The average molecular weight is 412 g/mol. The molecule has 3 rings (SSSR count). The van der Waals surface area contributed by atoms with E-state index >= 15 is 0 Å². The maximum Gasteiger partial charge on any atom is 0.309 e. The molecule has 2 aliphatic rings. The third-order valence-electron chi connectivity index (χ3n) is 6.75. The van der Waals surface area contributed by atoms with Crippen molar-refractivity contribution in [2.75, 3.05) is 7.11 Å². The first-order valence-corrected chi connectivity index (χ1v) is 10.2. The summed E-state index contributed by atoms with van der Waals surface area (Å²) in [6, 6.07) is 1.99. The van der Waals surface area contributed by atoms with E-state index in [2.05, 4.69) is 25.9 Å². The molecule has 0 spiro atoms. The topological polar surface area (TPSA) is 58.9 Å². The molecule has 1 fully saturated rings. The standard InChI is InChI=1S/C21H27Cl2NO3/c1-11(2)16-13(22)9-12-17(18(16)23)14(24-27-5)10-15-20(12,3)7-6-8-21(15,4)19(25)26/h9,11,15H,6-8,10H2,1-5H3,(H,25,26)/t15-,20-,21-/m1/s1. The Balaban J connectivity index is 2.33. The number of carboxylic acid groups (broad SMARTS) is 1. The van der Waals surface area contributed by atoms with Crippen LogP contribution in [-0.4, -0.2) is 23.9 Å².